The number of hydrogen-bond acceptors (Lipinski definition) is 2. The van der Waals surface area contributed by atoms with Crippen molar-refractivity contribution in [3.63, 3.8) is 0 Å². The summed E-state index contributed by atoms with van der Waals surface area (Å²) in [5.41, 5.74) is 0. The van der Waals surface area contributed by atoms with Crippen molar-refractivity contribution >= 4 is 0 Å². The zero-order valence-electron chi connectivity index (χ0n) is 10.5. The highest BCUT2D eigenvalue weighted by molar-refractivity contribution is 4.98. The highest BCUT2D eigenvalue weighted by Gasteiger charge is 2.31. The average Bonchev–Trinajstić information content (AvgIpc) is 2.89. The summed E-state index contributed by atoms with van der Waals surface area (Å²) in [4.78, 5) is 0. The summed E-state index contributed by atoms with van der Waals surface area (Å²) < 4.78 is 5.37. The second-order valence-corrected chi connectivity index (χ2v) is 5.77. The summed E-state index contributed by atoms with van der Waals surface area (Å²) >= 11 is 0. The average molecular weight is 233 g/mol. The molecule has 2 aliphatic carbocycles. The molecule has 0 aromatic carbocycles. The molecular formula is C15H23NO. The fourth-order valence-corrected chi connectivity index (χ4v) is 3.72. The van der Waals surface area contributed by atoms with Crippen LogP contribution < -0.4 is 5.32 Å². The van der Waals surface area contributed by atoms with Crippen LogP contribution in [0.5, 0.6) is 0 Å². The van der Waals surface area contributed by atoms with Gasteiger partial charge in [0.2, 0.25) is 0 Å². The van der Waals surface area contributed by atoms with Crippen LogP contribution in [0.4, 0.5) is 0 Å². The molecule has 0 bridgehead atoms. The molecule has 94 valence electrons. The Morgan fingerprint density at radius 3 is 2.82 bits per heavy atom. The van der Waals surface area contributed by atoms with Crippen LogP contribution in [0.25, 0.3) is 0 Å². The molecule has 2 fully saturated rings. The lowest BCUT2D eigenvalue weighted by molar-refractivity contribution is 0.142. The van der Waals surface area contributed by atoms with Crippen molar-refractivity contribution in [1.82, 2.24) is 5.32 Å². The van der Waals surface area contributed by atoms with Gasteiger partial charge in [0.05, 0.1) is 12.8 Å². The van der Waals surface area contributed by atoms with E-state index >= 15 is 0 Å². The lowest BCUT2D eigenvalue weighted by Crippen LogP contribution is -2.38. The smallest absolute Gasteiger partial charge is 0.117 e. The molecule has 0 amide bonds. The van der Waals surface area contributed by atoms with Crippen LogP contribution >= 0.6 is 0 Å². The Balaban J connectivity index is 1.48. The summed E-state index contributed by atoms with van der Waals surface area (Å²) in [6.07, 6.45) is 11.9. The van der Waals surface area contributed by atoms with E-state index in [0.717, 1.165) is 30.2 Å². The molecule has 1 heterocycles. The topological polar surface area (TPSA) is 25.2 Å². The number of fused-ring (bicyclic) bond motifs is 1. The molecule has 1 N–H and O–H groups in total. The molecule has 0 saturated heterocycles. The standard InChI is InChI=1S/C15H23NO/c1-2-5-13-10-14(8-7-12(13)4-1)16-11-15-6-3-9-17-15/h3,6,9,12-14,16H,1-2,4-5,7-8,10-11H2. The molecule has 0 spiro atoms. The van der Waals surface area contributed by atoms with Crippen molar-refractivity contribution in [2.75, 3.05) is 0 Å². The first kappa shape index (κ1) is 11.3. The first-order valence-electron chi connectivity index (χ1n) is 7.17. The number of nitrogens with one attached hydrogen (secondary N) is 1. The van der Waals surface area contributed by atoms with Gasteiger partial charge in [-0.25, -0.2) is 0 Å². The minimum Gasteiger partial charge on any atom is -0.468 e. The van der Waals surface area contributed by atoms with Crippen molar-refractivity contribution in [2.24, 2.45) is 11.8 Å². The number of hydrogen-bond donors (Lipinski definition) is 1. The van der Waals surface area contributed by atoms with Crippen LogP contribution in [0.3, 0.4) is 0 Å². The van der Waals surface area contributed by atoms with Gasteiger partial charge in [0, 0.05) is 6.04 Å². The highest BCUT2D eigenvalue weighted by Crippen LogP contribution is 2.40. The molecule has 2 aliphatic rings. The summed E-state index contributed by atoms with van der Waals surface area (Å²) in [6, 6.07) is 4.74. The van der Waals surface area contributed by atoms with Crippen LogP contribution in [-0.4, -0.2) is 6.04 Å². The van der Waals surface area contributed by atoms with Crippen LogP contribution in [0.2, 0.25) is 0 Å². The molecule has 0 radical (unpaired) electrons. The van der Waals surface area contributed by atoms with Gasteiger partial charge in [-0.2, -0.15) is 0 Å². The lowest BCUT2D eigenvalue weighted by atomic mass is 9.69. The van der Waals surface area contributed by atoms with Gasteiger partial charge in [-0.05, 0) is 43.2 Å². The van der Waals surface area contributed by atoms with E-state index < -0.39 is 0 Å². The zero-order valence-corrected chi connectivity index (χ0v) is 10.5. The molecule has 3 atom stereocenters. The van der Waals surface area contributed by atoms with E-state index in [1.165, 1.54) is 44.9 Å². The minimum absolute atomic E-state index is 0.722. The van der Waals surface area contributed by atoms with E-state index in [9.17, 15) is 0 Å². The Morgan fingerprint density at radius 2 is 2.00 bits per heavy atom. The van der Waals surface area contributed by atoms with E-state index in [0.29, 0.717) is 0 Å². The third-order valence-electron chi connectivity index (χ3n) is 4.68. The summed E-state index contributed by atoms with van der Waals surface area (Å²) in [5.74, 6) is 3.12. The maximum absolute atomic E-state index is 5.37. The van der Waals surface area contributed by atoms with Gasteiger partial charge in [-0.15, -0.1) is 0 Å². The molecule has 2 saturated carbocycles. The monoisotopic (exact) mass is 233 g/mol. The van der Waals surface area contributed by atoms with Crippen molar-refractivity contribution in [3.8, 4) is 0 Å². The molecule has 1 aromatic heterocycles. The molecule has 3 rings (SSSR count). The molecule has 2 nitrogen and oxygen atoms in total. The fourth-order valence-electron chi connectivity index (χ4n) is 3.72. The maximum Gasteiger partial charge on any atom is 0.117 e. The fraction of sp³-hybridized carbons (Fsp3) is 0.733. The highest BCUT2D eigenvalue weighted by atomic mass is 16.3. The van der Waals surface area contributed by atoms with Crippen molar-refractivity contribution in [2.45, 2.75) is 57.5 Å². The molecule has 17 heavy (non-hydrogen) atoms. The molecular weight excluding hydrogens is 210 g/mol. The van der Waals surface area contributed by atoms with Gasteiger partial charge in [-0.3, -0.25) is 0 Å². The van der Waals surface area contributed by atoms with Gasteiger partial charge in [0.1, 0.15) is 5.76 Å². The van der Waals surface area contributed by atoms with Crippen LogP contribution in [-0.2, 0) is 6.54 Å². The van der Waals surface area contributed by atoms with E-state index in [4.69, 9.17) is 4.42 Å². The van der Waals surface area contributed by atoms with Gasteiger partial charge in [-0.1, -0.05) is 25.7 Å². The Kier molecular flexibility index (Phi) is 3.51. The molecule has 3 unspecified atom stereocenters. The Morgan fingerprint density at radius 1 is 1.12 bits per heavy atom. The molecule has 2 heteroatoms. The molecule has 1 aromatic rings. The first-order chi connectivity index (χ1) is 8.42. The Labute approximate surface area is 104 Å². The zero-order chi connectivity index (χ0) is 11.5. The molecule has 0 aliphatic heterocycles. The van der Waals surface area contributed by atoms with Crippen molar-refractivity contribution < 1.29 is 4.42 Å². The van der Waals surface area contributed by atoms with Gasteiger partial charge in [0.25, 0.3) is 0 Å². The van der Waals surface area contributed by atoms with Gasteiger partial charge in [0.15, 0.2) is 0 Å². The van der Waals surface area contributed by atoms with Crippen molar-refractivity contribution in [1.29, 1.82) is 0 Å². The lowest BCUT2D eigenvalue weighted by Gasteiger charge is -2.39. The van der Waals surface area contributed by atoms with Crippen LogP contribution in [0.1, 0.15) is 50.7 Å². The van der Waals surface area contributed by atoms with E-state index in [1.807, 2.05) is 6.07 Å². The summed E-state index contributed by atoms with van der Waals surface area (Å²) in [7, 11) is 0. The Bertz CT molecular complexity index is 333. The van der Waals surface area contributed by atoms with E-state index in [2.05, 4.69) is 11.4 Å². The van der Waals surface area contributed by atoms with Crippen LogP contribution in [0, 0.1) is 11.8 Å². The van der Waals surface area contributed by atoms with Gasteiger partial charge < -0.3 is 9.73 Å². The Hall–Kier alpha value is -0.760. The van der Waals surface area contributed by atoms with Crippen LogP contribution in [0.15, 0.2) is 22.8 Å². The first-order valence-corrected chi connectivity index (χ1v) is 7.17. The number of furan rings is 1. The second kappa shape index (κ2) is 5.26. The van der Waals surface area contributed by atoms with Crippen molar-refractivity contribution in [3.05, 3.63) is 24.2 Å². The maximum atomic E-state index is 5.37. The second-order valence-electron chi connectivity index (χ2n) is 5.77. The predicted molar refractivity (Wildman–Crippen MR) is 68.6 cm³/mol. The predicted octanol–water partition coefficient (Wildman–Crippen LogP) is 3.73. The third kappa shape index (κ3) is 2.74. The normalized spacial score (nSPS) is 33.3. The summed E-state index contributed by atoms with van der Waals surface area (Å²) in [5, 5.41) is 3.66. The third-order valence-corrected chi connectivity index (χ3v) is 4.68. The largest absolute Gasteiger partial charge is 0.468 e. The minimum atomic E-state index is 0.722. The SMILES string of the molecule is c1coc(CNC2CCC3CCCCC3C2)c1. The summed E-state index contributed by atoms with van der Waals surface area (Å²) in [6.45, 7) is 0.898. The quantitative estimate of drug-likeness (QED) is 0.860. The number of rotatable bonds is 3. The van der Waals surface area contributed by atoms with E-state index in [-0.39, 0.29) is 0 Å². The van der Waals surface area contributed by atoms with E-state index in [1.54, 1.807) is 6.26 Å². The van der Waals surface area contributed by atoms with Gasteiger partial charge >= 0.3 is 0 Å².